The van der Waals surface area contributed by atoms with Crippen molar-refractivity contribution in [2.45, 2.75) is 27.7 Å². The van der Waals surface area contributed by atoms with Crippen LogP contribution in [0.1, 0.15) is 27.7 Å². The van der Waals surface area contributed by atoms with Crippen LogP contribution >= 0.6 is 0 Å². The molecule has 0 aromatic rings. The molecule has 6 heteroatoms. The molecular weight excluding hydrogens is 264 g/mol. The monoisotopic (exact) mass is 280 g/mol. The standard InChI is InChI=1S/C14H16O6/c1-5(15)9-10(6(2)16)14(20)12(8(4)18)11(7(3)17)13(9)19/h9-12H,1-4H3. The summed E-state index contributed by atoms with van der Waals surface area (Å²) in [6.45, 7) is 4.38. The Balaban J connectivity index is 3.47. The van der Waals surface area contributed by atoms with Crippen LogP contribution in [-0.2, 0) is 28.8 Å². The normalized spacial score (nSPS) is 30.0. The Hall–Kier alpha value is -1.98. The lowest BCUT2D eigenvalue weighted by Crippen LogP contribution is -2.55. The van der Waals surface area contributed by atoms with E-state index in [2.05, 4.69) is 0 Å². The van der Waals surface area contributed by atoms with Crippen LogP contribution in [0.15, 0.2) is 0 Å². The quantitative estimate of drug-likeness (QED) is 0.669. The molecule has 108 valence electrons. The Labute approximate surface area is 115 Å². The van der Waals surface area contributed by atoms with Crippen LogP contribution in [-0.4, -0.2) is 34.7 Å². The maximum atomic E-state index is 12.3. The lowest BCUT2D eigenvalue weighted by atomic mass is 9.62. The van der Waals surface area contributed by atoms with Gasteiger partial charge >= 0.3 is 0 Å². The van der Waals surface area contributed by atoms with Crippen LogP contribution in [0.2, 0.25) is 0 Å². The summed E-state index contributed by atoms with van der Waals surface area (Å²) in [4.78, 5) is 70.9. The van der Waals surface area contributed by atoms with E-state index in [1.54, 1.807) is 0 Å². The topological polar surface area (TPSA) is 102 Å². The zero-order valence-corrected chi connectivity index (χ0v) is 11.8. The van der Waals surface area contributed by atoms with E-state index in [0.717, 1.165) is 27.7 Å². The van der Waals surface area contributed by atoms with Gasteiger partial charge in [-0.15, -0.1) is 0 Å². The zero-order chi connectivity index (χ0) is 15.8. The lowest BCUT2D eigenvalue weighted by Gasteiger charge is -2.34. The number of ketones is 6. The molecule has 0 saturated heterocycles. The van der Waals surface area contributed by atoms with Crippen molar-refractivity contribution in [3.8, 4) is 0 Å². The molecule has 0 spiro atoms. The van der Waals surface area contributed by atoms with Gasteiger partial charge in [-0.1, -0.05) is 0 Å². The highest BCUT2D eigenvalue weighted by atomic mass is 16.2. The lowest BCUT2D eigenvalue weighted by molar-refractivity contribution is -0.160. The molecule has 0 heterocycles. The largest absolute Gasteiger partial charge is 0.299 e. The second-order valence-electron chi connectivity index (χ2n) is 5.16. The summed E-state index contributed by atoms with van der Waals surface area (Å²) in [6.07, 6.45) is 0. The zero-order valence-electron chi connectivity index (χ0n) is 11.8. The average molecular weight is 280 g/mol. The molecule has 0 radical (unpaired) electrons. The first-order chi connectivity index (χ1) is 9.11. The van der Waals surface area contributed by atoms with E-state index in [1.807, 2.05) is 0 Å². The van der Waals surface area contributed by atoms with Crippen LogP contribution in [0.25, 0.3) is 0 Å². The van der Waals surface area contributed by atoms with Crippen molar-refractivity contribution in [2.75, 3.05) is 0 Å². The maximum absolute atomic E-state index is 12.3. The van der Waals surface area contributed by atoms with Crippen LogP contribution in [0, 0.1) is 23.7 Å². The predicted octanol–water partition coefficient (Wildman–Crippen LogP) is -0.0410. The van der Waals surface area contributed by atoms with E-state index in [4.69, 9.17) is 0 Å². The first-order valence-corrected chi connectivity index (χ1v) is 6.20. The van der Waals surface area contributed by atoms with Crippen LogP contribution < -0.4 is 0 Å². The molecular formula is C14H16O6. The number of hydrogen-bond acceptors (Lipinski definition) is 6. The molecule has 0 N–H and O–H groups in total. The van der Waals surface area contributed by atoms with Crippen molar-refractivity contribution in [1.29, 1.82) is 0 Å². The van der Waals surface area contributed by atoms with Gasteiger partial charge in [0.1, 0.15) is 23.1 Å². The molecule has 0 aromatic carbocycles. The van der Waals surface area contributed by atoms with Gasteiger partial charge in [0.2, 0.25) is 0 Å². The van der Waals surface area contributed by atoms with Gasteiger partial charge in [-0.25, -0.2) is 0 Å². The highest BCUT2D eigenvalue weighted by Crippen LogP contribution is 2.35. The third kappa shape index (κ3) is 2.50. The molecule has 1 rings (SSSR count). The van der Waals surface area contributed by atoms with E-state index >= 15 is 0 Å². The van der Waals surface area contributed by atoms with Crippen LogP contribution in [0.5, 0.6) is 0 Å². The molecule has 0 bridgehead atoms. The van der Waals surface area contributed by atoms with E-state index in [-0.39, 0.29) is 0 Å². The molecule has 0 aliphatic heterocycles. The third-order valence-corrected chi connectivity index (χ3v) is 3.64. The highest BCUT2D eigenvalue weighted by Gasteiger charge is 2.55. The van der Waals surface area contributed by atoms with E-state index in [1.165, 1.54) is 0 Å². The molecule has 0 aromatic heterocycles. The van der Waals surface area contributed by atoms with Crippen molar-refractivity contribution < 1.29 is 28.8 Å². The molecule has 20 heavy (non-hydrogen) atoms. The van der Waals surface area contributed by atoms with E-state index in [9.17, 15) is 28.8 Å². The fourth-order valence-electron chi connectivity index (χ4n) is 2.78. The summed E-state index contributed by atoms with van der Waals surface area (Å²) in [7, 11) is 0. The Bertz CT molecular complexity index is 438. The molecule has 4 atom stereocenters. The summed E-state index contributed by atoms with van der Waals surface area (Å²) in [5.74, 6) is -9.99. The molecule has 1 aliphatic carbocycles. The van der Waals surface area contributed by atoms with Crippen molar-refractivity contribution in [3.05, 3.63) is 0 Å². The van der Waals surface area contributed by atoms with Crippen LogP contribution in [0.3, 0.4) is 0 Å². The fourth-order valence-corrected chi connectivity index (χ4v) is 2.78. The van der Waals surface area contributed by atoms with Crippen molar-refractivity contribution in [3.63, 3.8) is 0 Å². The highest BCUT2D eigenvalue weighted by molar-refractivity contribution is 6.26. The van der Waals surface area contributed by atoms with Crippen molar-refractivity contribution >= 4 is 34.7 Å². The molecule has 1 aliphatic rings. The Morgan fingerprint density at radius 2 is 0.700 bits per heavy atom. The minimum absolute atomic E-state index is 0.642. The second kappa shape index (κ2) is 5.56. The second-order valence-corrected chi connectivity index (χ2v) is 5.16. The van der Waals surface area contributed by atoms with E-state index < -0.39 is 58.4 Å². The Kier molecular flexibility index (Phi) is 4.47. The first kappa shape index (κ1) is 16.1. The number of Topliss-reactive ketones (excluding diaryl/α,β-unsaturated/α-hetero) is 6. The van der Waals surface area contributed by atoms with E-state index in [0.29, 0.717) is 0 Å². The van der Waals surface area contributed by atoms with Crippen molar-refractivity contribution in [2.24, 2.45) is 23.7 Å². The first-order valence-electron chi connectivity index (χ1n) is 6.20. The number of carbonyl (C=O) groups excluding carboxylic acids is 6. The molecule has 1 fully saturated rings. The molecule has 4 unspecified atom stereocenters. The number of hydrogen-bond donors (Lipinski definition) is 0. The summed E-state index contributed by atoms with van der Waals surface area (Å²) in [5, 5.41) is 0. The predicted molar refractivity (Wildman–Crippen MR) is 66.7 cm³/mol. The summed E-state index contributed by atoms with van der Waals surface area (Å²) in [5.41, 5.74) is 0. The van der Waals surface area contributed by atoms with Gasteiger partial charge in [0.25, 0.3) is 0 Å². The SMILES string of the molecule is CC(=O)C1C(=O)C(C(C)=O)C(C(C)=O)C(=O)C1C(C)=O. The van der Waals surface area contributed by atoms with Gasteiger partial charge < -0.3 is 0 Å². The van der Waals surface area contributed by atoms with Gasteiger partial charge in [0.05, 0.1) is 23.7 Å². The third-order valence-electron chi connectivity index (χ3n) is 3.64. The van der Waals surface area contributed by atoms with Crippen LogP contribution in [0.4, 0.5) is 0 Å². The molecule has 0 amide bonds. The molecule has 1 saturated carbocycles. The minimum Gasteiger partial charge on any atom is -0.299 e. The summed E-state index contributed by atoms with van der Waals surface area (Å²) < 4.78 is 0. The average Bonchev–Trinajstić information content (AvgIpc) is 2.28. The summed E-state index contributed by atoms with van der Waals surface area (Å²) >= 11 is 0. The summed E-state index contributed by atoms with van der Waals surface area (Å²) in [6, 6.07) is 0. The Morgan fingerprint density at radius 1 is 0.550 bits per heavy atom. The van der Waals surface area contributed by atoms with Crippen molar-refractivity contribution in [1.82, 2.24) is 0 Å². The fraction of sp³-hybridized carbons (Fsp3) is 0.571. The van der Waals surface area contributed by atoms with Gasteiger partial charge in [0, 0.05) is 0 Å². The van der Waals surface area contributed by atoms with Gasteiger partial charge in [-0.3, -0.25) is 28.8 Å². The molecule has 6 nitrogen and oxygen atoms in total. The van der Waals surface area contributed by atoms with Gasteiger partial charge in [-0.2, -0.15) is 0 Å². The minimum atomic E-state index is -1.45. The number of carbonyl (C=O) groups is 6. The maximum Gasteiger partial charge on any atom is 0.156 e. The smallest absolute Gasteiger partial charge is 0.156 e. The van der Waals surface area contributed by atoms with Gasteiger partial charge in [0.15, 0.2) is 11.6 Å². The number of rotatable bonds is 4. The van der Waals surface area contributed by atoms with Gasteiger partial charge in [-0.05, 0) is 27.7 Å². The Morgan fingerprint density at radius 3 is 0.800 bits per heavy atom.